The summed E-state index contributed by atoms with van der Waals surface area (Å²) in [7, 11) is 0. The summed E-state index contributed by atoms with van der Waals surface area (Å²) in [5, 5.41) is 0. The summed E-state index contributed by atoms with van der Waals surface area (Å²) in [5.74, 6) is 4.77. The van der Waals surface area contributed by atoms with Gasteiger partial charge in [0.1, 0.15) is 34.5 Å². The third-order valence-corrected chi connectivity index (χ3v) is 8.40. The minimum Gasteiger partial charge on any atom is -0.494 e. The van der Waals surface area contributed by atoms with Crippen LogP contribution in [0.2, 0.25) is 0 Å². The van der Waals surface area contributed by atoms with E-state index in [2.05, 4.69) is 48.1 Å². The Morgan fingerprint density at radius 3 is 1.02 bits per heavy atom. The molecule has 0 fully saturated rings. The van der Waals surface area contributed by atoms with Crippen LogP contribution in [0.25, 0.3) is 0 Å². The summed E-state index contributed by atoms with van der Waals surface area (Å²) >= 11 is 0. The molecular formula is C45H42N2O4. The molecule has 6 nitrogen and oxygen atoms in total. The number of aliphatic imine (C=N–C) groups is 2. The molecule has 6 heteroatoms. The van der Waals surface area contributed by atoms with Crippen LogP contribution in [0.15, 0.2) is 156 Å². The summed E-state index contributed by atoms with van der Waals surface area (Å²) in [6, 6.07) is 47.8. The van der Waals surface area contributed by atoms with Crippen LogP contribution in [0.3, 0.4) is 0 Å². The normalized spacial score (nSPS) is 11.5. The first-order chi connectivity index (χ1) is 24.9. The van der Waals surface area contributed by atoms with E-state index >= 15 is 0 Å². The van der Waals surface area contributed by atoms with E-state index in [0.717, 1.165) is 57.0 Å². The van der Waals surface area contributed by atoms with Gasteiger partial charge in [-0.15, -0.1) is 0 Å². The molecule has 0 aliphatic rings. The van der Waals surface area contributed by atoms with Crippen molar-refractivity contribution in [3.63, 3.8) is 0 Å². The Balaban J connectivity index is 1.01. The molecule has 0 aromatic heterocycles. The molecule has 6 aromatic rings. The van der Waals surface area contributed by atoms with Crippen LogP contribution in [0.4, 0.5) is 11.4 Å². The summed E-state index contributed by atoms with van der Waals surface area (Å²) in [5.41, 5.74) is 5.87. The molecule has 0 saturated carbocycles. The molecule has 0 spiro atoms. The van der Waals surface area contributed by atoms with Crippen LogP contribution in [0, 0.1) is 0 Å². The van der Waals surface area contributed by atoms with Crippen molar-refractivity contribution in [3.8, 4) is 34.5 Å². The fourth-order valence-electron chi connectivity index (χ4n) is 5.45. The Morgan fingerprint density at radius 2 is 0.706 bits per heavy atom. The quantitative estimate of drug-likeness (QED) is 0.108. The number of hydrogen-bond acceptors (Lipinski definition) is 6. The van der Waals surface area contributed by atoms with Gasteiger partial charge in [0.15, 0.2) is 0 Å². The summed E-state index contributed by atoms with van der Waals surface area (Å²) in [6.45, 7) is 9.69. The molecule has 0 atom stereocenters. The van der Waals surface area contributed by atoms with E-state index in [1.807, 2.05) is 148 Å². The zero-order valence-corrected chi connectivity index (χ0v) is 29.5. The predicted molar refractivity (Wildman–Crippen MR) is 208 cm³/mol. The van der Waals surface area contributed by atoms with Crippen molar-refractivity contribution >= 4 is 23.8 Å². The van der Waals surface area contributed by atoms with Gasteiger partial charge < -0.3 is 18.9 Å². The third kappa shape index (κ3) is 9.52. The van der Waals surface area contributed by atoms with Gasteiger partial charge >= 0.3 is 0 Å². The average Bonchev–Trinajstić information content (AvgIpc) is 3.16. The van der Waals surface area contributed by atoms with Crippen molar-refractivity contribution in [1.29, 1.82) is 0 Å². The summed E-state index contributed by atoms with van der Waals surface area (Å²) in [6.07, 6.45) is 3.68. The van der Waals surface area contributed by atoms with Crippen LogP contribution >= 0.6 is 0 Å². The summed E-state index contributed by atoms with van der Waals surface area (Å²) in [4.78, 5) is 9.16. The Hall–Kier alpha value is -6.14. The molecule has 6 aromatic carbocycles. The first-order valence-electron chi connectivity index (χ1n) is 17.2. The van der Waals surface area contributed by atoms with Gasteiger partial charge in [0.2, 0.25) is 0 Å². The Labute approximate surface area is 300 Å². The molecule has 0 heterocycles. The van der Waals surface area contributed by atoms with Gasteiger partial charge in [0.05, 0.1) is 24.6 Å². The highest BCUT2D eigenvalue weighted by Crippen LogP contribution is 2.35. The van der Waals surface area contributed by atoms with E-state index in [4.69, 9.17) is 18.9 Å². The largest absolute Gasteiger partial charge is 0.494 e. The molecule has 0 N–H and O–H groups in total. The van der Waals surface area contributed by atoms with Gasteiger partial charge in [0, 0.05) is 17.8 Å². The highest BCUT2D eigenvalue weighted by atomic mass is 16.5. The molecule has 0 radical (unpaired) electrons. The lowest BCUT2D eigenvalue weighted by Crippen LogP contribution is -2.18. The standard InChI is InChI=1S/C45H42N2O4/c1-5-48-39-19-7-33(8-20-39)31-46-37-15-27-43(28-16-37)50-41-23-11-35(12-24-41)45(3,4)36-13-25-42(26-14-36)51-44-29-17-38(18-30-44)47-32-34-9-21-40(22-10-34)49-6-2/h7-32H,5-6H2,1-4H3. The number of hydrogen-bond donors (Lipinski definition) is 0. The van der Waals surface area contributed by atoms with Crippen LogP contribution < -0.4 is 18.9 Å². The van der Waals surface area contributed by atoms with Gasteiger partial charge in [-0.1, -0.05) is 38.1 Å². The molecular weight excluding hydrogens is 633 g/mol. The number of nitrogens with zero attached hydrogens (tertiary/aromatic N) is 2. The van der Waals surface area contributed by atoms with E-state index in [1.165, 1.54) is 11.1 Å². The lowest BCUT2D eigenvalue weighted by molar-refractivity contribution is 0.340. The first-order valence-corrected chi connectivity index (χ1v) is 17.2. The van der Waals surface area contributed by atoms with E-state index < -0.39 is 0 Å². The van der Waals surface area contributed by atoms with Crippen molar-refractivity contribution in [3.05, 3.63) is 168 Å². The molecule has 0 saturated heterocycles. The van der Waals surface area contributed by atoms with Gasteiger partial charge in [0.25, 0.3) is 0 Å². The SMILES string of the molecule is CCOc1ccc(C=Nc2ccc(Oc3ccc(C(C)(C)c4ccc(Oc5ccc(N=Cc6ccc(OCC)cc6)cc5)cc4)cc3)cc2)cc1. The van der Waals surface area contributed by atoms with Crippen LogP contribution in [-0.2, 0) is 5.41 Å². The topological polar surface area (TPSA) is 61.6 Å². The highest BCUT2D eigenvalue weighted by molar-refractivity contribution is 5.82. The molecule has 256 valence electrons. The minimum atomic E-state index is -0.219. The predicted octanol–water partition coefficient (Wildman–Crippen LogP) is 11.9. The van der Waals surface area contributed by atoms with Crippen molar-refractivity contribution in [1.82, 2.24) is 0 Å². The highest BCUT2D eigenvalue weighted by Gasteiger charge is 2.23. The number of benzene rings is 6. The maximum Gasteiger partial charge on any atom is 0.127 e. The summed E-state index contributed by atoms with van der Waals surface area (Å²) < 4.78 is 23.3. The maximum atomic E-state index is 6.14. The van der Waals surface area contributed by atoms with E-state index in [-0.39, 0.29) is 5.41 Å². The van der Waals surface area contributed by atoms with E-state index in [0.29, 0.717) is 13.2 Å². The zero-order valence-electron chi connectivity index (χ0n) is 29.5. The lowest BCUT2D eigenvalue weighted by atomic mass is 9.78. The van der Waals surface area contributed by atoms with Gasteiger partial charge in [-0.05, 0) is 157 Å². The smallest absolute Gasteiger partial charge is 0.127 e. The number of rotatable bonds is 14. The van der Waals surface area contributed by atoms with E-state index in [9.17, 15) is 0 Å². The van der Waals surface area contributed by atoms with Crippen LogP contribution in [-0.4, -0.2) is 25.6 Å². The van der Waals surface area contributed by atoms with Crippen LogP contribution in [0.5, 0.6) is 34.5 Å². The fraction of sp³-hybridized carbons (Fsp3) is 0.156. The molecule has 51 heavy (non-hydrogen) atoms. The maximum absolute atomic E-state index is 6.14. The van der Waals surface area contributed by atoms with Gasteiger partial charge in [-0.3, -0.25) is 9.98 Å². The molecule has 0 aliphatic heterocycles. The lowest BCUT2D eigenvalue weighted by Gasteiger charge is -2.26. The van der Waals surface area contributed by atoms with Crippen molar-refractivity contribution < 1.29 is 18.9 Å². The Kier molecular flexibility index (Phi) is 11.2. The second kappa shape index (κ2) is 16.5. The number of ether oxygens (including phenoxy) is 4. The van der Waals surface area contributed by atoms with Crippen molar-refractivity contribution in [2.75, 3.05) is 13.2 Å². The molecule has 0 unspecified atom stereocenters. The Bertz CT molecular complexity index is 1880. The fourth-order valence-corrected chi connectivity index (χ4v) is 5.45. The zero-order chi connectivity index (χ0) is 35.5. The molecule has 0 bridgehead atoms. The first kappa shape index (κ1) is 34.7. The van der Waals surface area contributed by atoms with Crippen molar-refractivity contribution in [2.24, 2.45) is 9.98 Å². The monoisotopic (exact) mass is 674 g/mol. The molecule has 0 amide bonds. The van der Waals surface area contributed by atoms with Crippen molar-refractivity contribution in [2.45, 2.75) is 33.1 Å². The third-order valence-electron chi connectivity index (χ3n) is 8.40. The molecule has 6 rings (SSSR count). The second-order valence-electron chi connectivity index (χ2n) is 12.4. The van der Waals surface area contributed by atoms with Crippen LogP contribution in [0.1, 0.15) is 49.9 Å². The van der Waals surface area contributed by atoms with Gasteiger partial charge in [-0.25, -0.2) is 0 Å². The van der Waals surface area contributed by atoms with Gasteiger partial charge in [-0.2, -0.15) is 0 Å². The Morgan fingerprint density at radius 1 is 0.412 bits per heavy atom. The average molecular weight is 675 g/mol. The second-order valence-corrected chi connectivity index (χ2v) is 12.4. The van der Waals surface area contributed by atoms with E-state index in [1.54, 1.807) is 0 Å². The molecule has 0 aliphatic carbocycles. The minimum absolute atomic E-state index is 0.219.